The molecule has 4 N–H and O–H groups in total. The predicted molar refractivity (Wildman–Crippen MR) is 119 cm³/mol. The van der Waals surface area contributed by atoms with Gasteiger partial charge in [-0.3, -0.25) is 20.3 Å². The van der Waals surface area contributed by atoms with Crippen molar-refractivity contribution in [2.24, 2.45) is 5.10 Å². The smallest absolute Gasteiger partial charge is 0.337 e. The van der Waals surface area contributed by atoms with Crippen LogP contribution in [0.4, 0.5) is 11.5 Å². The molecule has 0 aliphatic carbocycles. The number of benzene rings is 2. The van der Waals surface area contributed by atoms with E-state index < -0.39 is 17.5 Å². The van der Waals surface area contributed by atoms with E-state index >= 15 is 0 Å². The number of nitrogens with one attached hydrogen (secondary N) is 2. The Labute approximate surface area is 187 Å². The largest absolute Gasteiger partial charge is 0.478 e. The molecule has 0 spiro atoms. The number of amides is 1. The highest BCUT2D eigenvalue weighted by Gasteiger charge is 2.14. The van der Waals surface area contributed by atoms with Gasteiger partial charge in [-0.1, -0.05) is 18.2 Å². The molecule has 0 saturated carbocycles. The third-order valence-corrected chi connectivity index (χ3v) is 4.55. The molecule has 168 valence electrons. The molecule has 11 heteroatoms. The van der Waals surface area contributed by atoms with E-state index in [9.17, 15) is 24.8 Å². The Bertz CT molecular complexity index is 1190. The molecule has 1 heterocycles. The van der Waals surface area contributed by atoms with Crippen LogP contribution >= 0.6 is 0 Å². The van der Waals surface area contributed by atoms with E-state index in [4.69, 9.17) is 5.11 Å². The van der Waals surface area contributed by atoms with E-state index in [1.807, 2.05) is 0 Å². The van der Waals surface area contributed by atoms with Crippen LogP contribution in [0.5, 0.6) is 0 Å². The highest BCUT2D eigenvalue weighted by atomic mass is 16.6. The van der Waals surface area contributed by atoms with E-state index in [-0.39, 0.29) is 29.3 Å². The van der Waals surface area contributed by atoms with Crippen LogP contribution in [0.15, 0.2) is 65.9 Å². The molecule has 0 atom stereocenters. The molecule has 3 rings (SSSR count). The number of anilines is 1. The van der Waals surface area contributed by atoms with Gasteiger partial charge in [0.1, 0.15) is 5.82 Å². The molecule has 11 nitrogen and oxygen atoms in total. The van der Waals surface area contributed by atoms with Gasteiger partial charge in [0, 0.05) is 24.4 Å². The van der Waals surface area contributed by atoms with Gasteiger partial charge < -0.3 is 15.5 Å². The Morgan fingerprint density at radius 1 is 1.09 bits per heavy atom. The lowest BCUT2D eigenvalue weighted by atomic mass is 10.1. The van der Waals surface area contributed by atoms with Crippen LogP contribution in [0.1, 0.15) is 37.4 Å². The third kappa shape index (κ3) is 6.18. The molecular formula is C22H19N5O6. The van der Waals surface area contributed by atoms with Gasteiger partial charge in [-0.05, 0) is 41.5 Å². The molecule has 0 saturated heterocycles. The molecule has 33 heavy (non-hydrogen) atoms. The topological polar surface area (TPSA) is 167 Å². The average molecular weight is 449 g/mol. The summed E-state index contributed by atoms with van der Waals surface area (Å²) in [5.74, 6) is -1.05. The van der Waals surface area contributed by atoms with Crippen LogP contribution < -0.4 is 10.7 Å². The minimum Gasteiger partial charge on any atom is -0.478 e. The summed E-state index contributed by atoms with van der Waals surface area (Å²) in [4.78, 5) is 37.6. The number of hydrogen-bond donors (Lipinski definition) is 4. The lowest BCUT2D eigenvalue weighted by molar-refractivity contribution is -0.385. The maximum Gasteiger partial charge on any atom is 0.337 e. The summed E-state index contributed by atoms with van der Waals surface area (Å²) < 4.78 is 0. The fourth-order valence-electron chi connectivity index (χ4n) is 2.79. The Morgan fingerprint density at radius 2 is 1.82 bits per heavy atom. The van der Waals surface area contributed by atoms with Crippen molar-refractivity contribution in [2.45, 2.75) is 13.2 Å². The van der Waals surface area contributed by atoms with Gasteiger partial charge in [0.25, 0.3) is 11.6 Å². The standard InChI is InChI=1S/C22H19N5O6/c28-13-18-6-3-15(9-19(18)27(32)33)10-24-21(29)16-4-1-14(2-5-16)11-25-26-20-8-7-17(12-23-20)22(30)31/h1-9,11-12,28H,10,13H2,(H,23,26)(H,24,29)(H,30,31)/b25-11+. The molecule has 0 aliphatic heterocycles. The second-order valence-corrected chi connectivity index (χ2v) is 6.79. The number of carboxylic acids is 1. The summed E-state index contributed by atoms with van der Waals surface area (Å²) >= 11 is 0. The predicted octanol–water partition coefficient (Wildman–Crippen LogP) is 2.56. The summed E-state index contributed by atoms with van der Waals surface area (Å²) in [6, 6.07) is 13.8. The van der Waals surface area contributed by atoms with Gasteiger partial charge in [0.2, 0.25) is 0 Å². The van der Waals surface area contributed by atoms with Crippen LogP contribution in [0, 0.1) is 10.1 Å². The summed E-state index contributed by atoms with van der Waals surface area (Å²) in [5.41, 5.74) is 4.39. The van der Waals surface area contributed by atoms with Gasteiger partial charge in [0.15, 0.2) is 0 Å². The number of rotatable bonds is 9. The monoisotopic (exact) mass is 449 g/mol. The number of nitrogens with zero attached hydrogens (tertiary/aromatic N) is 3. The number of carboxylic acid groups (broad SMARTS) is 1. The lowest BCUT2D eigenvalue weighted by Crippen LogP contribution is -2.22. The second kappa shape index (κ2) is 10.6. The lowest BCUT2D eigenvalue weighted by Gasteiger charge is -2.07. The number of nitro groups is 1. The first-order chi connectivity index (χ1) is 15.9. The highest BCUT2D eigenvalue weighted by molar-refractivity contribution is 5.95. The number of aliphatic hydroxyl groups is 1. The van der Waals surface area contributed by atoms with E-state index in [0.717, 1.165) is 0 Å². The minimum absolute atomic E-state index is 0.0683. The van der Waals surface area contributed by atoms with Crippen molar-refractivity contribution in [3.8, 4) is 0 Å². The van der Waals surface area contributed by atoms with Crippen molar-refractivity contribution >= 4 is 29.6 Å². The zero-order valence-electron chi connectivity index (χ0n) is 17.1. The molecule has 0 unspecified atom stereocenters. The average Bonchev–Trinajstić information content (AvgIpc) is 2.83. The minimum atomic E-state index is -1.07. The number of pyridine rings is 1. The molecule has 1 amide bonds. The van der Waals surface area contributed by atoms with Crippen LogP contribution in [-0.4, -0.2) is 38.2 Å². The fraction of sp³-hybridized carbons (Fsp3) is 0.0909. The molecule has 0 radical (unpaired) electrons. The number of hydrazone groups is 1. The van der Waals surface area contributed by atoms with Crippen LogP contribution in [0.25, 0.3) is 0 Å². The van der Waals surface area contributed by atoms with Crippen LogP contribution in [0.3, 0.4) is 0 Å². The SMILES string of the molecule is O=C(O)c1ccc(N/N=C/c2ccc(C(=O)NCc3ccc(CO)c([N+](=O)[O-])c3)cc2)nc1. The number of carbonyl (C=O) groups excluding carboxylic acids is 1. The first kappa shape index (κ1) is 23.0. The first-order valence-corrected chi connectivity index (χ1v) is 9.61. The first-order valence-electron chi connectivity index (χ1n) is 9.61. The number of aromatic nitrogens is 1. The fourth-order valence-corrected chi connectivity index (χ4v) is 2.79. The number of hydrogen-bond acceptors (Lipinski definition) is 8. The Morgan fingerprint density at radius 3 is 2.42 bits per heavy atom. The van der Waals surface area contributed by atoms with E-state index in [2.05, 4.69) is 20.8 Å². The Hall–Kier alpha value is -4.64. The summed E-state index contributed by atoms with van der Waals surface area (Å²) in [5, 5.41) is 35.8. The Balaban J connectivity index is 1.55. The van der Waals surface area contributed by atoms with Gasteiger partial charge >= 0.3 is 5.97 Å². The van der Waals surface area contributed by atoms with Crippen molar-refractivity contribution in [2.75, 3.05) is 5.43 Å². The summed E-state index contributed by atoms with van der Waals surface area (Å²) in [6.07, 6.45) is 2.73. The highest BCUT2D eigenvalue weighted by Crippen LogP contribution is 2.20. The Kier molecular flexibility index (Phi) is 7.39. The maximum atomic E-state index is 12.4. The molecule has 2 aromatic carbocycles. The zero-order chi connectivity index (χ0) is 23.8. The molecule has 3 aromatic rings. The van der Waals surface area contributed by atoms with Gasteiger partial charge in [-0.15, -0.1) is 0 Å². The zero-order valence-corrected chi connectivity index (χ0v) is 17.1. The van der Waals surface area contributed by atoms with Crippen LogP contribution in [0.2, 0.25) is 0 Å². The van der Waals surface area contributed by atoms with Crippen molar-refractivity contribution in [3.05, 3.63) is 98.7 Å². The molecule has 0 bridgehead atoms. The molecule has 0 aliphatic rings. The van der Waals surface area contributed by atoms with Gasteiger partial charge in [0.05, 0.1) is 28.9 Å². The quantitative estimate of drug-likeness (QED) is 0.220. The second-order valence-electron chi connectivity index (χ2n) is 6.79. The van der Waals surface area contributed by atoms with Crippen molar-refractivity contribution in [1.29, 1.82) is 0 Å². The number of nitro benzene ring substituents is 1. The third-order valence-electron chi connectivity index (χ3n) is 4.55. The van der Waals surface area contributed by atoms with Crippen molar-refractivity contribution < 1.29 is 24.7 Å². The molecular weight excluding hydrogens is 430 g/mol. The maximum absolute atomic E-state index is 12.4. The number of aromatic carboxylic acids is 1. The molecule has 1 aromatic heterocycles. The molecule has 0 fully saturated rings. The van der Waals surface area contributed by atoms with Crippen molar-refractivity contribution in [1.82, 2.24) is 10.3 Å². The summed E-state index contributed by atoms with van der Waals surface area (Å²) in [7, 11) is 0. The summed E-state index contributed by atoms with van der Waals surface area (Å²) in [6.45, 7) is -0.353. The van der Waals surface area contributed by atoms with E-state index in [1.165, 1.54) is 36.7 Å². The van der Waals surface area contributed by atoms with Crippen LogP contribution in [-0.2, 0) is 13.2 Å². The number of carbonyl (C=O) groups is 2. The normalized spacial score (nSPS) is 10.7. The number of aliphatic hydroxyl groups excluding tert-OH is 1. The van der Waals surface area contributed by atoms with Gasteiger partial charge in [-0.2, -0.15) is 5.10 Å². The van der Waals surface area contributed by atoms with Crippen molar-refractivity contribution in [3.63, 3.8) is 0 Å². The van der Waals surface area contributed by atoms with E-state index in [1.54, 1.807) is 30.3 Å². The van der Waals surface area contributed by atoms with E-state index in [0.29, 0.717) is 22.5 Å². The van der Waals surface area contributed by atoms with Gasteiger partial charge in [-0.25, -0.2) is 9.78 Å².